The van der Waals surface area contributed by atoms with Crippen LogP contribution in [0.15, 0.2) is 24.9 Å². The second-order valence-electron chi connectivity index (χ2n) is 4.11. The number of aromatic amines is 1. The third-order valence-electron chi connectivity index (χ3n) is 2.83. The van der Waals surface area contributed by atoms with Gasteiger partial charge in [-0.3, -0.25) is 9.78 Å². The molecule has 0 aliphatic carbocycles. The van der Waals surface area contributed by atoms with E-state index in [9.17, 15) is 14.4 Å². The number of nitrogens with one attached hydrogen (secondary N) is 1. The van der Waals surface area contributed by atoms with Crippen LogP contribution in [0.1, 0.15) is 25.3 Å². The van der Waals surface area contributed by atoms with Crippen LogP contribution in [0.2, 0.25) is 0 Å². The highest BCUT2D eigenvalue weighted by Crippen LogP contribution is 2.12. The minimum atomic E-state index is -0.782. The Morgan fingerprint density at radius 2 is 2.11 bits per heavy atom. The highest BCUT2D eigenvalue weighted by atomic mass is 16.7. The summed E-state index contributed by atoms with van der Waals surface area (Å²) in [6.07, 6.45) is 2.30. The zero-order valence-electron chi connectivity index (χ0n) is 10.7. The Labute approximate surface area is 107 Å². The molecule has 7 nitrogen and oxygen atoms in total. The number of aryl methyl sites for hydroxylation is 1. The van der Waals surface area contributed by atoms with E-state index >= 15 is 0 Å². The van der Waals surface area contributed by atoms with Crippen LogP contribution >= 0.6 is 0 Å². The van der Waals surface area contributed by atoms with E-state index in [1.807, 2.05) is 6.92 Å². The summed E-state index contributed by atoms with van der Waals surface area (Å²) >= 11 is 0. The van der Waals surface area contributed by atoms with Crippen molar-refractivity contribution in [2.75, 3.05) is 7.11 Å². The summed E-state index contributed by atoms with van der Waals surface area (Å²) in [6, 6.07) is 1.28. The van der Waals surface area contributed by atoms with Gasteiger partial charge in [0, 0.05) is 6.07 Å². The molecule has 2 rings (SSSR count). The van der Waals surface area contributed by atoms with E-state index in [1.54, 1.807) is 0 Å². The molecule has 0 saturated heterocycles. The number of rotatable bonds is 4. The molecule has 0 fully saturated rings. The smallest absolute Gasteiger partial charge is 0.364 e. The fourth-order valence-corrected chi connectivity index (χ4v) is 1.94. The molecule has 19 heavy (non-hydrogen) atoms. The van der Waals surface area contributed by atoms with Gasteiger partial charge in [-0.2, -0.15) is 0 Å². The minimum absolute atomic E-state index is 0.109. The number of hydrogen-bond acceptors (Lipinski definition) is 5. The highest BCUT2D eigenvalue weighted by Gasteiger charge is 2.14. The minimum Gasteiger partial charge on any atom is -0.409 e. The van der Waals surface area contributed by atoms with Crippen LogP contribution in [0.25, 0.3) is 11.1 Å². The van der Waals surface area contributed by atoms with Gasteiger partial charge in [0.05, 0.1) is 0 Å². The Kier molecular flexibility index (Phi) is 3.55. The standard InChI is InChI=1S/C12H14N2O5/c1-3-4-5-7-6-8(15)19-10-9(7)11(16)14(18-2)12(17)13-10/h6H,3-5H2,1-2H3,(H,13,17). The van der Waals surface area contributed by atoms with Crippen LogP contribution in [-0.4, -0.2) is 16.8 Å². The van der Waals surface area contributed by atoms with Gasteiger partial charge in [-0.25, -0.2) is 9.59 Å². The first-order valence-corrected chi connectivity index (χ1v) is 5.95. The lowest BCUT2D eigenvalue weighted by atomic mass is 10.1. The number of nitrogens with zero attached hydrogens (tertiary/aromatic N) is 1. The molecule has 0 aliphatic rings. The van der Waals surface area contributed by atoms with Crippen LogP contribution in [0.4, 0.5) is 0 Å². The van der Waals surface area contributed by atoms with Crippen molar-refractivity contribution < 1.29 is 9.25 Å². The molecule has 0 spiro atoms. The third kappa shape index (κ3) is 2.31. The lowest BCUT2D eigenvalue weighted by molar-refractivity contribution is 0.145. The molecule has 0 radical (unpaired) electrons. The van der Waals surface area contributed by atoms with Crippen LogP contribution in [0.5, 0.6) is 0 Å². The number of hydrogen-bond donors (Lipinski definition) is 1. The first-order chi connectivity index (χ1) is 9.08. The molecule has 7 heteroatoms. The fraction of sp³-hybridized carbons (Fsp3) is 0.417. The van der Waals surface area contributed by atoms with Crippen molar-refractivity contribution >= 4 is 11.1 Å². The molecule has 102 valence electrons. The second kappa shape index (κ2) is 5.13. The van der Waals surface area contributed by atoms with Gasteiger partial charge in [0.15, 0.2) is 0 Å². The normalized spacial score (nSPS) is 10.8. The van der Waals surface area contributed by atoms with Gasteiger partial charge >= 0.3 is 16.9 Å². The third-order valence-corrected chi connectivity index (χ3v) is 2.83. The lowest BCUT2D eigenvalue weighted by Crippen LogP contribution is -2.39. The number of H-pyrrole nitrogens is 1. The van der Waals surface area contributed by atoms with E-state index in [2.05, 4.69) is 4.98 Å². The van der Waals surface area contributed by atoms with Gasteiger partial charge in [0.1, 0.15) is 12.5 Å². The van der Waals surface area contributed by atoms with E-state index < -0.39 is 16.9 Å². The van der Waals surface area contributed by atoms with Gasteiger partial charge in [-0.1, -0.05) is 18.1 Å². The first-order valence-electron chi connectivity index (χ1n) is 5.95. The Morgan fingerprint density at radius 1 is 1.37 bits per heavy atom. The molecule has 0 unspecified atom stereocenters. The zero-order chi connectivity index (χ0) is 14.0. The maximum absolute atomic E-state index is 12.1. The van der Waals surface area contributed by atoms with Crippen molar-refractivity contribution in [3.8, 4) is 0 Å². The first kappa shape index (κ1) is 13.1. The second-order valence-corrected chi connectivity index (χ2v) is 4.11. The molecule has 0 amide bonds. The summed E-state index contributed by atoms with van der Waals surface area (Å²) in [4.78, 5) is 42.1. The van der Waals surface area contributed by atoms with E-state index in [0.717, 1.165) is 12.8 Å². The molecule has 2 aromatic heterocycles. The fourth-order valence-electron chi connectivity index (χ4n) is 1.94. The summed E-state index contributed by atoms with van der Waals surface area (Å²) in [6.45, 7) is 2.00. The molecule has 0 aromatic carbocycles. The van der Waals surface area contributed by atoms with Crippen molar-refractivity contribution in [1.82, 2.24) is 9.71 Å². The average Bonchev–Trinajstić information content (AvgIpc) is 2.35. The topological polar surface area (TPSA) is 94.3 Å². The van der Waals surface area contributed by atoms with E-state index in [1.165, 1.54) is 13.2 Å². The van der Waals surface area contributed by atoms with Crippen molar-refractivity contribution in [2.45, 2.75) is 26.2 Å². The molecule has 2 heterocycles. The van der Waals surface area contributed by atoms with Gasteiger partial charge in [-0.15, -0.1) is 0 Å². The zero-order valence-corrected chi connectivity index (χ0v) is 10.7. The molecular formula is C12H14N2O5. The number of unbranched alkanes of at least 4 members (excludes halogenated alkanes) is 1. The highest BCUT2D eigenvalue weighted by molar-refractivity contribution is 5.75. The SMILES string of the molecule is CCCCc1cc(=O)oc2[nH]c(=O)n(OC)c(=O)c12. The van der Waals surface area contributed by atoms with E-state index in [-0.39, 0.29) is 11.1 Å². The predicted octanol–water partition coefficient (Wildman–Crippen LogP) is 0.0440. The van der Waals surface area contributed by atoms with Crippen molar-refractivity contribution in [2.24, 2.45) is 0 Å². The molecule has 2 aromatic rings. The molecule has 0 bridgehead atoms. The van der Waals surface area contributed by atoms with E-state index in [0.29, 0.717) is 16.7 Å². The average molecular weight is 266 g/mol. The monoisotopic (exact) mass is 266 g/mol. The predicted molar refractivity (Wildman–Crippen MR) is 68.5 cm³/mol. The summed E-state index contributed by atoms with van der Waals surface area (Å²) < 4.78 is 5.46. The van der Waals surface area contributed by atoms with Crippen LogP contribution < -0.4 is 21.7 Å². The van der Waals surface area contributed by atoms with Gasteiger partial charge in [0.2, 0.25) is 5.71 Å². The van der Waals surface area contributed by atoms with Crippen molar-refractivity contribution in [3.63, 3.8) is 0 Å². The quantitative estimate of drug-likeness (QED) is 0.843. The molecule has 0 aliphatic heterocycles. The Morgan fingerprint density at radius 3 is 2.74 bits per heavy atom. The number of aromatic nitrogens is 2. The number of fused-ring (bicyclic) bond motifs is 1. The van der Waals surface area contributed by atoms with Crippen LogP contribution in [0, 0.1) is 0 Å². The maximum Gasteiger partial charge on any atom is 0.364 e. The Balaban J connectivity index is 2.85. The van der Waals surface area contributed by atoms with E-state index in [4.69, 9.17) is 9.25 Å². The summed E-state index contributed by atoms with van der Waals surface area (Å²) in [5.41, 5.74) is -1.56. The van der Waals surface area contributed by atoms with Crippen LogP contribution in [0.3, 0.4) is 0 Å². The lowest BCUT2D eigenvalue weighted by Gasteiger charge is -2.06. The molecular weight excluding hydrogens is 252 g/mol. The largest absolute Gasteiger partial charge is 0.409 e. The van der Waals surface area contributed by atoms with Gasteiger partial charge < -0.3 is 9.25 Å². The molecule has 0 saturated carbocycles. The molecule has 0 atom stereocenters. The van der Waals surface area contributed by atoms with Crippen molar-refractivity contribution in [3.05, 3.63) is 42.9 Å². The van der Waals surface area contributed by atoms with Crippen LogP contribution in [-0.2, 0) is 6.42 Å². The molecule has 1 N–H and O–H groups in total. The van der Waals surface area contributed by atoms with Gasteiger partial charge in [-0.05, 0) is 18.4 Å². The Bertz CT molecular complexity index is 768. The van der Waals surface area contributed by atoms with Crippen molar-refractivity contribution in [1.29, 1.82) is 0 Å². The maximum atomic E-state index is 12.1. The van der Waals surface area contributed by atoms with Gasteiger partial charge in [0.25, 0.3) is 0 Å². The Hall–Kier alpha value is -2.31. The summed E-state index contributed by atoms with van der Waals surface area (Å²) in [7, 11) is 1.22. The summed E-state index contributed by atoms with van der Waals surface area (Å²) in [5.74, 6) is 0. The summed E-state index contributed by atoms with van der Waals surface area (Å²) in [5, 5.41) is 0.175.